The molecule has 5 rings (SSSR count). The molecule has 3 aliphatic rings. The molecule has 2 aromatic rings. The van der Waals surface area contributed by atoms with Crippen molar-refractivity contribution in [2.75, 3.05) is 26.2 Å². The zero-order valence-corrected chi connectivity index (χ0v) is 17.0. The first-order valence-corrected chi connectivity index (χ1v) is 10.6. The second-order valence-electron chi connectivity index (χ2n) is 8.44. The first-order valence-electron chi connectivity index (χ1n) is 10.6. The molecule has 164 valence electrons. The molecule has 1 atom stereocenters. The molecular weight excluding hydrogens is 406 g/mol. The second kappa shape index (κ2) is 7.99. The largest absolute Gasteiger partial charge is 0.345 e. The molecule has 2 fully saturated rings. The van der Waals surface area contributed by atoms with Gasteiger partial charge in [0.1, 0.15) is 12.0 Å². The lowest BCUT2D eigenvalue weighted by molar-refractivity contribution is -0.144. The van der Waals surface area contributed by atoms with E-state index in [4.69, 9.17) is 0 Å². The first kappa shape index (κ1) is 20.0. The minimum absolute atomic E-state index is 0.0162. The van der Waals surface area contributed by atoms with Crippen LogP contribution in [-0.2, 0) is 17.9 Å². The Bertz CT molecular complexity index is 988. The third-order valence-corrected chi connectivity index (χ3v) is 6.49. The van der Waals surface area contributed by atoms with Gasteiger partial charge in [-0.3, -0.25) is 14.5 Å². The van der Waals surface area contributed by atoms with Crippen LogP contribution in [0.1, 0.15) is 40.9 Å². The number of amides is 2. The third kappa shape index (κ3) is 3.80. The molecule has 0 radical (unpaired) electrons. The number of halogens is 2. The van der Waals surface area contributed by atoms with Crippen LogP contribution >= 0.6 is 0 Å². The number of rotatable bonds is 4. The normalized spacial score (nSPS) is 25.4. The van der Waals surface area contributed by atoms with Crippen molar-refractivity contribution in [3.8, 4) is 0 Å². The molecule has 31 heavy (non-hydrogen) atoms. The van der Waals surface area contributed by atoms with E-state index in [0.29, 0.717) is 38.3 Å². The van der Waals surface area contributed by atoms with Crippen LogP contribution in [0.3, 0.4) is 0 Å². The van der Waals surface area contributed by atoms with E-state index in [-0.39, 0.29) is 42.0 Å². The van der Waals surface area contributed by atoms with Crippen LogP contribution in [0.25, 0.3) is 0 Å². The summed E-state index contributed by atoms with van der Waals surface area (Å²) in [6.07, 6.45) is -0.222. The highest BCUT2D eigenvalue weighted by Crippen LogP contribution is 2.34. The standard InChI is InChI=1S/C21H24F2N6O2/c22-15-3-1-13(2-4-15)11-24-20(30)19-26-25-18-17-12-28(21(31)14-9-16(23)10-14)6-5-27(17)7-8-29(18)19/h1-4,14,16-17H,5-12H2,(H,24,30). The van der Waals surface area contributed by atoms with Crippen LogP contribution in [-0.4, -0.2) is 68.7 Å². The summed E-state index contributed by atoms with van der Waals surface area (Å²) in [5, 5.41) is 11.2. The Hall–Kier alpha value is -2.88. The number of piperazine rings is 1. The van der Waals surface area contributed by atoms with Gasteiger partial charge in [0.2, 0.25) is 11.7 Å². The highest BCUT2D eigenvalue weighted by Gasteiger charge is 2.42. The summed E-state index contributed by atoms with van der Waals surface area (Å²) >= 11 is 0. The average Bonchev–Trinajstić information content (AvgIpc) is 3.20. The number of aromatic nitrogens is 3. The molecule has 2 aliphatic heterocycles. The van der Waals surface area contributed by atoms with Crippen molar-refractivity contribution in [3.63, 3.8) is 0 Å². The van der Waals surface area contributed by atoms with Gasteiger partial charge in [0, 0.05) is 45.2 Å². The van der Waals surface area contributed by atoms with Crippen LogP contribution in [0.4, 0.5) is 8.78 Å². The number of nitrogens with zero attached hydrogens (tertiary/aromatic N) is 5. The monoisotopic (exact) mass is 430 g/mol. The summed E-state index contributed by atoms with van der Waals surface area (Å²) in [5.41, 5.74) is 0.784. The van der Waals surface area contributed by atoms with Crippen LogP contribution in [0, 0.1) is 11.7 Å². The quantitative estimate of drug-likeness (QED) is 0.791. The molecule has 1 aromatic carbocycles. The fraction of sp³-hybridized carbons (Fsp3) is 0.524. The molecule has 3 heterocycles. The van der Waals surface area contributed by atoms with E-state index in [0.717, 1.165) is 18.7 Å². The smallest absolute Gasteiger partial charge is 0.289 e. The minimum Gasteiger partial charge on any atom is -0.345 e. The molecule has 1 saturated carbocycles. The predicted octanol–water partition coefficient (Wildman–Crippen LogP) is 1.29. The van der Waals surface area contributed by atoms with Crippen molar-refractivity contribution >= 4 is 11.8 Å². The van der Waals surface area contributed by atoms with Crippen molar-refractivity contribution in [1.82, 2.24) is 29.9 Å². The molecule has 1 unspecified atom stereocenters. The zero-order valence-electron chi connectivity index (χ0n) is 17.0. The molecule has 10 heteroatoms. The van der Waals surface area contributed by atoms with Crippen LogP contribution < -0.4 is 5.32 Å². The highest BCUT2D eigenvalue weighted by atomic mass is 19.1. The Morgan fingerprint density at radius 1 is 1.06 bits per heavy atom. The number of carbonyl (C=O) groups is 2. The van der Waals surface area contributed by atoms with Gasteiger partial charge in [0.15, 0.2) is 5.82 Å². The highest BCUT2D eigenvalue weighted by molar-refractivity contribution is 5.90. The van der Waals surface area contributed by atoms with E-state index in [1.54, 1.807) is 17.0 Å². The number of nitrogens with one attached hydrogen (secondary N) is 1. The number of benzene rings is 1. The van der Waals surface area contributed by atoms with Gasteiger partial charge in [-0.2, -0.15) is 0 Å². The maximum Gasteiger partial charge on any atom is 0.289 e. The van der Waals surface area contributed by atoms with Gasteiger partial charge in [-0.05, 0) is 30.5 Å². The van der Waals surface area contributed by atoms with Crippen LogP contribution in [0.15, 0.2) is 24.3 Å². The van der Waals surface area contributed by atoms with E-state index in [1.807, 2.05) is 4.57 Å². The lowest BCUT2D eigenvalue weighted by atomic mass is 9.82. The molecule has 1 N–H and O–H groups in total. The fourth-order valence-electron chi connectivity index (χ4n) is 4.58. The first-order chi connectivity index (χ1) is 15.0. The molecule has 2 amide bonds. The van der Waals surface area contributed by atoms with Crippen molar-refractivity contribution in [3.05, 3.63) is 47.3 Å². The summed E-state index contributed by atoms with van der Waals surface area (Å²) < 4.78 is 28.0. The Morgan fingerprint density at radius 3 is 2.55 bits per heavy atom. The van der Waals surface area contributed by atoms with Crippen molar-refractivity contribution in [1.29, 1.82) is 0 Å². The summed E-state index contributed by atoms with van der Waals surface area (Å²) in [6.45, 7) is 3.42. The van der Waals surface area contributed by atoms with Gasteiger partial charge in [0.25, 0.3) is 5.91 Å². The molecule has 1 saturated heterocycles. The molecule has 0 spiro atoms. The van der Waals surface area contributed by atoms with Crippen molar-refractivity contribution < 1.29 is 18.4 Å². The fourth-order valence-corrected chi connectivity index (χ4v) is 4.58. The number of hydrogen-bond acceptors (Lipinski definition) is 5. The predicted molar refractivity (Wildman–Crippen MR) is 106 cm³/mol. The second-order valence-corrected chi connectivity index (χ2v) is 8.44. The van der Waals surface area contributed by atoms with Crippen LogP contribution in [0.5, 0.6) is 0 Å². The van der Waals surface area contributed by atoms with E-state index < -0.39 is 6.17 Å². The maximum atomic E-state index is 13.2. The summed E-state index contributed by atoms with van der Waals surface area (Å²) in [6, 6.07) is 5.81. The molecule has 0 bridgehead atoms. The van der Waals surface area contributed by atoms with E-state index in [1.165, 1.54) is 12.1 Å². The minimum atomic E-state index is -0.857. The maximum absolute atomic E-state index is 13.2. The third-order valence-electron chi connectivity index (χ3n) is 6.49. The number of hydrogen-bond donors (Lipinski definition) is 1. The van der Waals surface area contributed by atoms with Crippen LogP contribution in [0.2, 0.25) is 0 Å². The average molecular weight is 430 g/mol. The Kier molecular flexibility index (Phi) is 5.17. The summed E-state index contributed by atoms with van der Waals surface area (Å²) in [4.78, 5) is 29.4. The Morgan fingerprint density at radius 2 is 1.81 bits per heavy atom. The SMILES string of the molecule is O=C(NCc1ccc(F)cc1)c1nnc2n1CCN1CCN(C(=O)C3CC(F)C3)CC21. The number of alkyl halides is 1. The Labute approximate surface area is 178 Å². The molecule has 1 aliphatic carbocycles. The summed E-state index contributed by atoms with van der Waals surface area (Å²) in [7, 11) is 0. The molecule has 8 nitrogen and oxygen atoms in total. The van der Waals surface area contributed by atoms with Gasteiger partial charge in [-0.15, -0.1) is 10.2 Å². The lowest BCUT2D eigenvalue weighted by Crippen LogP contribution is -2.55. The van der Waals surface area contributed by atoms with Gasteiger partial charge in [-0.1, -0.05) is 12.1 Å². The van der Waals surface area contributed by atoms with Gasteiger partial charge in [-0.25, -0.2) is 8.78 Å². The van der Waals surface area contributed by atoms with Gasteiger partial charge in [0.05, 0.1) is 6.04 Å². The lowest BCUT2D eigenvalue weighted by Gasteiger charge is -2.45. The van der Waals surface area contributed by atoms with Crippen molar-refractivity contribution in [2.24, 2.45) is 5.92 Å². The van der Waals surface area contributed by atoms with Gasteiger partial charge >= 0.3 is 0 Å². The van der Waals surface area contributed by atoms with E-state index in [2.05, 4.69) is 20.4 Å². The topological polar surface area (TPSA) is 83.4 Å². The summed E-state index contributed by atoms with van der Waals surface area (Å²) in [5.74, 6) is 0.0436. The Balaban J connectivity index is 1.27. The van der Waals surface area contributed by atoms with E-state index >= 15 is 0 Å². The zero-order chi connectivity index (χ0) is 21.5. The van der Waals surface area contributed by atoms with Gasteiger partial charge < -0.3 is 14.8 Å². The number of carbonyl (C=O) groups excluding carboxylic acids is 2. The van der Waals surface area contributed by atoms with E-state index in [9.17, 15) is 18.4 Å². The molecule has 1 aromatic heterocycles. The number of fused-ring (bicyclic) bond motifs is 3. The van der Waals surface area contributed by atoms with Crippen molar-refractivity contribution in [2.45, 2.75) is 38.1 Å². The molecular formula is C21H24F2N6O2.